The van der Waals surface area contributed by atoms with E-state index in [4.69, 9.17) is 81.7 Å². The highest BCUT2D eigenvalue weighted by atomic mass is 35.5. The van der Waals surface area contributed by atoms with Crippen LogP contribution in [0.2, 0.25) is 25.1 Å². The summed E-state index contributed by atoms with van der Waals surface area (Å²) in [5, 5.41) is 6.38. The maximum atomic E-state index is 13.1. The molecule has 1 aliphatic heterocycles. The molecule has 13 nitrogen and oxygen atoms in total. The number of piperidine rings is 1. The fraction of sp³-hybridized carbons (Fsp3) is 0.323. The van der Waals surface area contributed by atoms with Crippen LogP contribution in [0.3, 0.4) is 0 Å². The molecule has 0 unspecified atom stereocenters. The molecule has 11 rings (SSSR count). The fourth-order valence-electron chi connectivity index (χ4n) is 13.4. The quantitative estimate of drug-likeness (QED) is 0.0354. The van der Waals surface area contributed by atoms with Gasteiger partial charge in [0, 0.05) is 134 Å². The first-order valence-corrected chi connectivity index (χ1v) is 40.7. The maximum Gasteiger partial charge on any atom is 0.321 e. The van der Waals surface area contributed by atoms with Crippen LogP contribution in [-0.4, -0.2) is 101 Å². The Bertz CT molecular complexity index is 4700. The largest absolute Gasteiger partial charge is 0.380 e. The van der Waals surface area contributed by atoms with E-state index in [1.165, 1.54) is 11.3 Å². The fourth-order valence-corrected chi connectivity index (χ4v) is 14.0. The number of ketones is 3. The number of unbranched alkanes of at least 4 members (excludes halogenated alkanes) is 3. The van der Waals surface area contributed by atoms with Crippen LogP contribution >= 0.6 is 58.0 Å². The number of urea groups is 1. The van der Waals surface area contributed by atoms with Gasteiger partial charge in [-0.25, -0.2) is 4.79 Å². The van der Waals surface area contributed by atoms with Crippen LogP contribution in [0.25, 0.3) is 55.6 Å². The monoisotopic (exact) mass is 1640 g/mol. The van der Waals surface area contributed by atoms with E-state index in [0.717, 1.165) is 163 Å². The molecule has 0 radical (unpaired) electrons. The molecule has 10 aromatic rings. The van der Waals surface area contributed by atoms with Crippen LogP contribution in [0.1, 0.15) is 181 Å². The predicted molar refractivity (Wildman–Crippen MR) is 471 cm³/mol. The van der Waals surface area contributed by atoms with Crippen molar-refractivity contribution in [3.63, 3.8) is 0 Å². The Morgan fingerprint density at radius 3 is 0.939 bits per heavy atom. The second-order valence-electron chi connectivity index (χ2n) is 28.3. The first-order valence-electron chi connectivity index (χ1n) is 38.8. The first-order chi connectivity index (χ1) is 55.0. The van der Waals surface area contributed by atoms with Gasteiger partial charge in [-0.2, -0.15) is 0 Å². The lowest BCUT2D eigenvalue weighted by Gasteiger charge is -2.39. The van der Waals surface area contributed by atoms with Crippen molar-refractivity contribution in [2.24, 2.45) is 0 Å². The Labute approximate surface area is 700 Å². The van der Waals surface area contributed by atoms with E-state index in [0.29, 0.717) is 77.4 Å². The summed E-state index contributed by atoms with van der Waals surface area (Å²) in [6.07, 6.45) is 11.1. The minimum Gasteiger partial charge on any atom is -0.380 e. The number of Topliss-reactive ketones (excluding diaryl/α,β-unsaturated/α-hetero) is 3. The number of nitrogens with zero attached hydrogens (tertiary/aromatic N) is 2. The van der Waals surface area contributed by atoms with Crippen molar-refractivity contribution in [2.45, 2.75) is 157 Å². The summed E-state index contributed by atoms with van der Waals surface area (Å²) in [4.78, 5) is 64.9. The molecule has 0 spiro atoms. The Morgan fingerprint density at radius 2 is 0.640 bits per heavy atom. The second kappa shape index (κ2) is 48.5. The summed E-state index contributed by atoms with van der Waals surface area (Å²) in [7, 11) is 11.7. The molecule has 3 amide bonds. The number of methoxy groups -OCH3 is 5. The molecule has 2 atom stereocenters. The third kappa shape index (κ3) is 28.3. The van der Waals surface area contributed by atoms with Crippen molar-refractivity contribution in [3.05, 3.63) is 288 Å². The first kappa shape index (κ1) is 92.4. The normalized spacial score (nSPS) is 12.8. The lowest BCUT2D eigenvalue weighted by Crippen LogP contribution is -2.47. The van der Waals surface area contributed by atoms with Gasteiger partial charge in [0.25, 0.3) is 5.91 Å². The third-order valence-electron chi connectivity index (χ3n) is 19.3. The van der Waals surface area contributed by atoms with Crippen LogP contribution < -0.4 is 5.32 Å². The van der Waals surface area contributed by atoms with E-state index in [9.17, 15) is 24.0 Å². The number of halogens is 5. The number of anilines is 1. The molecule has 18 heteroatoms. The van der Waals surface area contributed by atoms with Gasteiger partial charge >= 0.3 is 6.03 Å². The van der Waals surface area contributed by atoms with Crippen molar-refractivity contribution in [1.82, 2.24) is 9.80 Å². The van der Waals surface area contributed by atoms with Gasteiger partial charge in [-0.05, 0) is 239 Å². The summed E-state index contributed by atoms with van der Waals surface area (Å²) in [5.41, 5.74) is 19.5. The average Bonchev–Trinajstić information content (AvgIpc) is 0.777. The highest BCUT2D eigenvalue weighted by Crippen LogP contribution is 2.35. The summed E-state index contributed by atoms with van der Waals surface area (Å²) < 4.78 is 26.5. The molecule has 0 aliphatic carbocycles. The number of ether oxygens (including phenoxy) is 5. The smallest absolute Gasteiger partial charge is 0.321 e. The Morgan fingerprint density at radius 1 is 0.360 bits per heavy atom. The average molecular weight is 1640 g/mol. The van der Waals surface area contributed by atoms with Crippen molar-refractivity contribution in [2.75, 3.05) is 55.0 Å². The van der Waals surface area contributed by atoms with E-state index in [2.05, 4.69) is 33.0 Å². The lowest BCUT2D eigenvalue weighted by molar-refractivity contribution is 0.0510. The predicted octanol–water partition coefficient (Wildman–Crippen LogP) is 26.4. The van der Waals surface area contributed by atoms with Gasteiger partial charge in [0.05, 0.1) is 33.0 Å². The number of rotatable bonds is 29. The molecule has 602 valence electrons. The van der Waals surface area contributed by atoms with E-state index < -0.39 is 0 Å². The Hall–Kier alpha value is -8.80. The van der Waals surface area contributed by atoms with Crippen molar-refractivity contribution < 1.29 is 47.7 Å². The zero-order chi connectivity index (χ0) is 82.6. The third-order valence-corrected chi connectivity index (χ3v) is 20.6. The molecule has 0 aromatic heterocycles. The standard InChI is InChI=1S/C22H26ClNO2.C20H23ClO2.C19H21ClO2.C18H19ClO2.C17H19ClN2O2/c1-15-5-4-6-16(2)24(15)22(25)18-9-12-21(19(13-18)14-26-3)17-7-10-20(23)11-8-17;1-3-4-5-6-20(22)16-9-12-19(17(13-16)14-23-2)15-7-10-18(21)11-8-15;1-3-4-5-19(21)15-8-11-18(16(12-15)13-22-2)14-6-9-17(20)10-7-14;1-3-4-18(20)14-7-10-17(15(11-14)12-21-2)13-5-8-16(19)9-6-13;1-20(2)17(21)19-15-8-9-16(13(10-15)11-22-3)12-4-6-14(18)7-5-12/h7-13,15-16H,4-6,14H2,1-3H3;7-13H,3-6,14H2,1-2H3;6-12H,3-5,13H2,1-2H3;5-11H,3-4,12H2,1-2H3;4-10H,11H2,1-3H3,(H,19,21)/t15-,16+;;;;. The number of benzene rings is 10. The number of carbonyl (C=O) groups excluding carboxylic acids is 5. The number of hydrogen-bond acceptors (Lipinski definition) is 10. The maximum absolute atomic E-state index is 13.1. The van der Waals surface area contributed by atoms with Gasteiger partial charge in [-0.15, -0.1) is 0 Å². The molecule has 1 heterocycles. The molecule has 10 aromatic carbocycles. The zero-order valence-electron chi connectivity index (χ0n) is 67.7. The topological polar surface area (TPSA) is 150 Å². The Balaban J connectivity index is 0.000000198. The van der Waals surface area contributed by atoms with Gasteiger partial charge in [-0.1, -0.05) is 207 Å². The second-order valence-corrected chi connectivity index (χ2v) is 30.5. The summed E-state index contributed by atoms with van der Waals surface area (Å²) in [6, 6.07) is 68.1. The van der Waals surface area contributed by atoms with Crippen LogP contribution in [0.15, 0.2) is 212 Å². The van der Waals surface area contributed by atoms with Crippen LogP contribution in [0.5, 0.6) is 0 Å². The molecule has 1 N–H and O–H groups in total. The zero-order valence-corrected chi connectivity index (χ0v) is 71.5. The molecule has 114 heavy (non-hydrogen) atoms. The van der Waals surface area contributed by atoms with Gasteiger partial charge in [-0.3, -0.25) is 19.2 Å². The van der Waals surface area contributed by atoms with E-state index in [1.807, 2.05) is 224 Å². The summed E-state index contributed by atoms with van der Waals surface area (Å²) in [5.74, 6) is 0.697. The van der Waals surface area contributed by atoms with Gasteiger partial charge in [0.2, 0.25) is 0 Å². The summed E-state index contributed by atoms with van der Waals surface area (Å²) in [6.45, 7) is 12.9. The minimum atomic E-state index is -0.164. The number of hydrogen-bond donors (Lipinski definition) is 1. The van der Waals surface area contributed by atoms with E-state index in [1.54, 1.807) is 49.6 Å². The molecule has 0 saturated carbocycles. The van der Waals surface area contributed by atoms with Gasteiger partial charge in [0.15, 0.2) is 17.3 Å². The highest BCUT2D eigenvalue weighted by Gasteiger charge is 2.30. The highest BCUT2D eigenvalue weighted by molar-refractivity contribution is 6.32. The van der Waals surface area contributed by atoms with Crippen molar-refractivity contribution in [3.8, 4) is 55.6 Å². The van der Waals surface area contributed by atoms with Crippen LogP contribution in [-0.2, 0) is 56.7 Å². The number of likely N-dealkylation sites (tertiary alicyclic amines) is 1. The molecular weight excluding hydrogens is 1530 g/mol. The Kier molecular flexibility index (Phi) is 39.3. The molecule has 1 fully saturated rings. The number of amides is 3. The molecule has 1 saturated heterocycles. The molecular formula is C96H108Cl5N3O10. The van der Waals surface area contributed by atoms with E-state index >= 15 is 0 Å². The summed E-state index contributed by atoms with van der Waals surface area (Å²) >= 11 is 29.8. The number of carbonyl (C=O) groups is 5. The molecule has 1 aliphatic rings. The van der Waals surface area contributed by atoms with Gasteiger partial charge < -0.3 is 38.8 Å². The van der Waals surface area contributed by atoms with E-state index in [-0.39, 0.29) is 41.4 Å². The SMILES string of the molecule is CCCC(=O)c1ccc(-c2ccc(Cl)cc2)c(COC)c1.CCCCC(=O)c1ccc(-c2ccc(Cl)cc2)c(COC)c1.CCCCCC(=O)c1ccc(-c2ccc(Cl)cc2)c(COC)c1.COCc1cc(C(=O)N2[C@H](C)CCC[C@@H]2C)ccc1-c1ccc(Cl)cc1.COCc1cc(NC(=O)N(C)C)ccc1-c1ccc(Cl)cc1. The molecule has 0 bridgehead atoms. The van der Waals surface area contributed by atoms with Crippen LogP contribution in [0.4, 0.5) is 10.5 Å². The number of nitrogens with one attached hydrogen (secondary N) is 1. The minimum absolute atomic E-state index is 0.115. The van der Waals surface area contributed by atoms with Crippen molar-refractivity contribution >= 4 is 93.0 Å². The van der Waals surface area contributed by atoms with Crippen molar-refractivity contribution in [1.29, 1.82) is 0 Å². The lowest BCUT2D eigenvalue weighted by atomic mass is 9.94. The van der Waals surface area contributed by atoms with Crippen LogP contribution in [0, 0.1) is 0 Å². The van der Waals surface area contributed by atoms with Gasteiger partial charge in [0.1, 0.15) is 0 Å².